The van der Waals surface area contributed by atoms with E-state index in [1.54, 1.807) is 24.5 Å². The maximum atomic E-state index is 12.1. The number of carbonyl (C=O) groups is 1. The predicted octanol–water partition coefficient (Wildman–Crippen LogP) is -0.310. The standard InChI is InChI=1S/C18H23N5O6S/c1-23(30(2,27)28)18-22-14(11-29-18)17(26)21-10-16(25)15(24)8-13(9-19)7-12-3-5-20-6-4-12/h3-6,11,13,15-16,24-25H,7-8,10H2,1-2H3,(H,21,26). The molecule has 0 saturated carbocycles. The molecular weight excluding hydrogens is 414 g/mol. The number of nitriles is 1. The number of hydrogen-bond donors (Lipinski definition) is 3. The molecule has 0 radical (unpaired) electrons. The summed E-state index contributed by atoms with van der Waals surface area (Å²) in [5, 5.41) is 32.0. The Morgan fingerprint density at radius 3 is 2.60 bits per heavy atom. The van der Waals surface area contributed by atoms with Gasteiger partial charge in [0.15, 0.2) is 5.69 Å². The van der Waals surface area contributed by atoms with Crippen LogP contribution in [0, 0.1) is 17.2 Å². The molecular formula is C18H23N5O6S. The lowest BCUT2D eigenvalue weighted by Crippen LogP contribution is -2.40. The first-order valence-electron chi connectivity index (χ1n) is 8.94. The average Bonchev–Trinajstić information content (AvgIpc) is 3.20. The maximum absolute atomic E-state index is 12.1. The lowest BCUT2D eigenvalue weighted by Gasteiger charge is -2.20. The van der Waals surface area contributed by atoms with Gasteiger partial charge in [-0.25, -0.2) is 12.7 Å². The molecule has 0 aliphatic carbocycles. The second-order valence-corrected chi connectivity index (χ2v) is 8.73. The van der Waals surface area contributed by atoms with Crippen molar-refractivity contribution in [1.29, 1.82) is 5.26 Å². The molecule has 0 fully saturated rings. The molecule has 2 rings (SSSR count). The molecule has 0 bridgehead atoms. The highest BCUT2D eigenvalue weighted by atomic mass is 32.2. The Kier molecular flexibility index (Phi) is 7.87. The van der Waals surface area contributed by atoms with E-state index in [9.17, 15) is 28.7 Å². The molecule has 2 aromatic rings. The summed E-state index contributed by atoms with van der Waals surface area (Å²) >= 11 is 0. The highest BCUT2D eigenvalue weighted by molar-refractivity contribution is 7.92. The van der Waals surface area contributed by atoms with E-state index in [1.165, 1.54) is 7.05 Å². The van der Waals surface area contributed by atoms with Crippen LogP contribution in [0.15, 0.2) is 35.2 Å². The summed E-state index contributed by atoms with van der Waals surface area (Å²) in [6, 6.07) is 5.35. The summed E-state index contributed by atoms with van der Waals surface area (Å²) in [4.78, 5) is 19.8. The summed E-state index contributed by atoms with van der Waals surface area (Å²) in [7, 11) is -2.38. The summed E-state index contributed by atoms with van der Waals surface area (Å²) < 4.78 is 28.7. The van der Waals surface area contributed by atoms with Crippen LogP contribution in [0.4, 0.5) is 6.01 Å². The van der Waals surface area contributed by atoms with Crippen LogP contribution in [0.2, 0.25) is 0 Å². The van der Waals surface area contributed by atoms with Crippen LogP contribution in [0.3, 0.4) is 0 Å². The van der Waals surface area contributed by atoms with Crippen molar-refractivity contribution in [1.82, 2.24) is 15.3 Å². The minimum Gasteiger partial charge on any atom is -0.430 e. The van der Waals surface area contributed by atoms with Gasteiger partial charge in [0.05, 0.1) is 30.5 Å². The molecule has 0 saturated heterocycles. The van der Waals surface area contributed by atoms with Crippen LogP contribution >= 0.6 is 0 Å². The molecule has 3 atom stereocenters. The lowest BCUT2D eigenvalue weighted by molar-refractivity contribution is 0.00986. The molecule has 2 heterocycles. The van der Waals surface area contributed by atoms with Gasteiger partial charge in [-0.05, 0) is 30.5 Å². The monoisotopic (exact) mass is 437 g/mol. The zero-order valence-electron chi connectivity index (χ0n) is 16.5. The van der Waals surface area contributed by atoms with Gasteiger partial charge in [-0.1, -0.05) is 0 Å². The zero-order chi connectivity index (χ0) is 22.3. The molecule has 0 aromatic carbocycles. The highest BCUT2D eigenvalue weighted by Crippen LogP contribution is 2.16. The van der Waals surface area contributed by atoms with E-state index in [1.807, 2.05) is 0 Å². The Morgan fingerprint density at radius 2 is 2.00 bits per heavy atom. The number of amides is 1. The van der Waals surface area contributed by atoms with Crippen molar-refractivity contribution in [3.63, 3.8) is 0 Å². The number of rotatable bonds is 10. The average molecular weight is 437 g/mol. The number of nitrogens with one attached hydrogen (secondary N) is 1. The number of nitrogens with zero attached hydrogens (tertiary/aromatic N) is 4. The number of anilines is 1. The SMILES string of the molecule is CN(c1nc(C(=O)NCC(O)C(O)CC(C#N)Cc2ccncc2)co1)S(C)(=O)=O. The van der Waals surface area contributed by atoms with E-state index in [0.29, 0.717) is 6.42 Å². The molecule has 0 spiro atoms. The number of pyridine rings is 1. The van der Waals surface area contributed by atoms with Crippen molar-refractivity contribution < 1.29 is 27.8 Å². The summed E-state index contributed by atoms with van der Waals surface area (Å²) in [6.07, 6.45) is 3.01. The largest absolute Gasteiger partial charge is 0.430 e. The van der Waals surface area contributed by atoms with Gasteiger partial charge in [0.25, 0.3) is 5.91 Å². The Hall–Kier alpha value is -3.01. The van der Waals surface area contributed by atoms with Gasteiger partial charge >= 0.3 is 6.01 Å². The van der Waals surface area contributed by atoms with Gasteiger partial charge in [-0.15, -0.1) is 0 Å². The molecule has 11 nitrogen and oxygen atoms in total. The van der Waals surface area contributed by atoms with Crippen molar-refractivity contribution >= 4 is 21.9 Å². The van der Waals surface area contributed by atoms with Crippen LogP contribution < -0.4 is 9.62 Å². The summed E-state index contributed by atoms with van der Waals surface area (Å²) in [5.74, 6) is -1.25. The van der Waals surface area contributed by atoms with E-state index in [-0.39, 0.29) is 24.7 Å². The maximum Gasteiger partial charge on any atom is 0.311 e. The van der Waals surface area contributed by atoms with Gasteiger partial charge in [0, 0.05) is 26.0 Å². The van der Waals surface area contributed by atoms with Gasteiger partial charge in [-0.3, -0.25) is 9.78 Å². The Balaban J connectivity index is 1.87. The molecule has 162 valence electrons. The quantitative estimate of drug-likeness (QED) is 0.451. The predicted molar refractivity (Wildman–Crippen MR) is 106 cm³/mol. The van der Waals surface area contributed by atoms with E-state index in [0.717, 1.165) is 22.4 Å². The Morgan fingerprint density at radius 1 is 1.33 bits per heavy atom. The normalized spacial score (nSPS) is 14.4. The number of carbonyl (C=O) groups excluding carboxylic acids is 1. The minimum atomic E-state index is -3.60. The molecule has 12 heteroatoms. The first-order chi connectivity index (χ1) is 14.1. The van der Waals surface area contributed by atoms with Gasteiger partial charge in [0.1, 0.15) is 6.26 Å². The van der Waals surface area contributed by atoms with Crippen molar-refractivity contribution in [2.45, 2.75) is 25.0 Å². The fourth-order valence-electron chi connectivity index (χ4n) is 2.51. The molecule has 2 aromatic heterocycles. The van der Waals surface area contributed by atoms with Gasteiger partial charge in [0.2, 0.25) is 10.0 Å². The van der Waals surface area contributed by atoms with E-state index in [2.05, 4.69) is 21.4 Å². The zero-order valence-corrected chi connectivity index (χ0v) is 17.3. The van der Waals surface area contributed by atoms with Crippen LogP contribution in [-0.2, 0) is 16.4 Å². The van der Waals surface area contributed by atoms with E-state index >= 15 is 0 Å². The van der Waals surface area contributed by atoms with Crippen LogP contribution in [0.5, 0.6) is 0 Å². The van der Waals surface area contributed by atoms with Gasteiger partial charge < -0.3 is 19.9 Å². The molecule has 30 heavy (non-hydrogen) atoms. The van der Waals surface area contributed by atoms with Crippen LogP contribution in [-0.4, -0.2) is 66.6 Å². The lowest BCUT2D eigenvalue weighted by atomic mass is 9.93. The van der Waals surface area contributed by atoms with E-state index in [4.69, 9.17) is 4.42 Å². The highest BCUT2D eigenvalue weighted by Gasteiger charge is 2.24. The molecule has 3 N–H and O–H groups in total. The van der Waals surface area contributed by atoms with Crippen molar-refractivity contribution in [3.05, 3.63) is 42.0 Å². The second kappa shape index (κ2) is 10.1. The second-order valence-electron chi connectivity index (χ2n) is 6.71. The Labute approximate surface area is 174 Å². The first-order valence-corrected chi connectivity index (χ1v) is 10.8. The number of sulfonamides is 1. The number of aliphatic hydroxyl groups is 2. The molecule has 0 aliphatic rings. The topological polar surface area (TPSA) is 170 Å². The van der Waals surface area contributed by atoms with Crippen molar-refractivity contribution in [3.8, 4) is 6.07 Å². The van der Waals surface area contributed by atoms with E-state index < -0.39 is 34.1 Å². The van der Waals surface area contributed by atoms with Crippen LogP contribution in [0.1, 0.15) is 22.5 Å². The fourth-order valence-corrected chi connectivity index (χ4v) is 2.88. The number of aliphatic hydroxyl groups excluding tert-OH is 2. The van der Waals surface area contributed by atoms with Crippen LogP contribution in [0.25, 0.3) is 0 Å². The molecule has 1 amide bonds. The van der Waals surface area contributed by atoms with Crippen molar-refractivity contribution in [2.24, 2.45) is 5.92 Å². The fraction of sp³-hybridized carbons (Fsp3) is 0.444. The number of oxazole rings is 1. The number of hydrogen-bond acceptors (Lipinski definition) is 9. The minimum absolute atomic E-state index is 0.0170. The Bertz CT molecular complexity index is 988. The third kappa shape index (κ3) is 6.51. The third-order valence-electron chi connectivity index (χ3n) is 4.35. The number of aromatic nitrogens is 2. The summed E-state index contributed by atoms with van der Waals surface area (Å²) in [5.41, 5.74) is 0.696. The van der Waals surface area contributed by atoms with Gasteiger partial charge in [-0.2, -0.15) is 10.2 Å². The van der Waals surface area contributed by atoms with Crippen molar-refractivity contribution in [2.75, 3.05) is 24.2 Å². The first kappa shape index (κ1) is 23.3. The summed E-state index contributed by atoms with van der Waals surface area (Å²) in [6.45, 7) is -0.294. The molecule has 0 aliphatic heterocycles. The molecule has 3 unspecified atom stereocenters. The third-order valence-corrected chi connectivity index (χ3v) is 5.50. The smallest absolute Gasteiger partial charge is 0.311 e.